The molecule has 0 fully saturated rings. The van der Waals surface area contributed by atoms with E-state index in [0.29, 0.717) is 23.0 Å². The Morgan fingerprint density at radius 3 is 2.88 bits per heavy atom. The van der Waals surface area contributed by atoms with Crippen molar-refractivity contribution in [3.8, 4) is 0 Å². The van der Waals surface area contributed by atoms with Crippen LogP contribution in [0.1, 0.15) is 29.3 Å². The summed E-state index contributed by atoms with van der Waals surface area (Å²) in [7, 11) is 0. The smallest absolute Gasteiger partial charge is 0.253 e. The number of amides is 1. The molecule has 1 amide bonds. The lowest BCUT2D eigenvalue weighted by Gasteiger charge is -2.11. The fourth-order valence-corrected chi connectivity index (χ4v) is 1.83. The Labute approximate surface area is 107 Å². The Kier molecular flexibility index (Phi) is 5.35. The van der Waals surface area contributed by atoms with E-state index in [2.05, 4.69) is 18.5 Å². The third kappa shape index (κ3) is 3.97. The Bertz CT molecular complexity index is 393. The van der Waals surface area contributed by atoms with Gasteiger partial charge in [0, 0.05) is 17.5 Å². The second kappa shape index (κ2) is 6.55. The molecular formula is C13H20N2OS. The molecule has 0 heterocycles. The minimum absolute atomic E-state index is 0.0838. The second-order valence-corrected chi connectivity index (χ2v) is 5.40. The van der Waals surface area contributed by atoms with E-state index in [4.69, 9.17) is 5.73 Å². The molecule has 0 saturated heterocycles. The first kappa shape index (κ1) is 13.9. The molecule has 1 aromatic rings. The van der Waals surface area contributed by atoms with Crippen molar-refractivity contribution in [2.45, 2.75) is 25.5 Å². The monoisotopic (exact) mass is 252 g/mol. The third-order valence-corrected chi connectivity index (χ3v) is 3.85. The number of para-hydroxylation sites is 1. The second-order valence-electron chi connectivity index (χ2n) is 4.13. The molecule has 1 aromatic carbocycles. The molecule has 1 atom stereocenters. The highest BCUT2D eigenvalue weighted by Gasteiger charge is 2.10. The third-order valence-electron chi connectivity index (χ3n) is 2.81. The van der Waals surface area contributed by atoms with E-state index in [9.17, 15) is 4.79 Å². The van der Waals surface area contributed by atoms with Gasteiger partial charge in [0.15, 0.2) is 0 Å². The van der Waals surface area contributed by atoms with Gasteiger partial charge in [0.05, 0.1) is 5.56 Å². The maximum atomic E-state index is 11.9. The van der Waals surface area contributed by atoms with Crippen molar-refractivity contribution in [3.05, 3.63) is 29.3 Å². The van der Waals surface area contributed by atoms with Gasteiger partial charge in [0.1, 0.15) is 0 Å². The summed E-state index contributed by atoms with van der Waals surface area (Å²) in [6.45, 7) is 4.74. The van der Waals surface area contributed by atoms with Crippen molar-refractivity contribution in [1.82, 2.24) is 5.32 Å². The molecule has 0 spiro atoms. The number of aryl methyl sites for hydroxylation is 1. The molecule has 3 nitrogen and oxygen atoms in total. The van der Waals surface area contributed by atoms with Crippen LogP contribution in [0.2, 0.25) is 0 Å². The quantitative estimate of drug-likeness (QED) is 0.791. The first-order valence-electron chi connectivity index (χ1n) is 5.72. The molecule has 0 aliphatic heterocycles. The molecule has 0 aliphatic rings. The molecule has 1 rings (SSSR count). The summed E-state index contributed by atoms with van der Waals surface area (Å²) in [5, 5.41) is 3.46. The SMILES string of the molecule is CSC(C)CCNC(=O)c1cccc(C)c1N. The fourth-order valence-electron chi connectivity index (χ4n) is 1.48. The highest BCUT2D eigenvalue weighted by molar-refractivity contribution is 7.99. The van der Waals surface area contributed by atoms with Crippen LogP contribution in [0.15, 0.2) is 18.2 Å². The summed E-state index contributed by atoms with van der Waals surface area (Å²) in [6, 6.07) is 5.52. The zero-order valence-electron chi connectivity index (χ0n) is 10.6. The number of carbonyl (C=O) groups is 1. The fraction of sp³-hybridized carbons (Fsp3) is 0.462. The maximum absolute atomic E-state index is 11.9. The Morgan fingerprint density at radius 2 is 2.24 bits per heavy atom. The van der Waals surface area contributed by atoms with Crippen LogP contribution in [0.25, 0.3) is 0 Å². The summed E-state index contributed by atoms with van der Waals surface area (Å²) in [5.74, 6) is -0.0838. The summed E-state index contributed by atoms with van der Waals surface area (Å²) in [6.07, 6.45) is 3.05. The van der Waals surface area contributed by atoms with Gasteiger partial charge < -0.3 is 11.1 Å². The van der Waals surface area contributed by atoms with Crippen LogP contribution < -0.4 is 11.1 Å². The molecule has 0 bridgehead atoms. The van der Waals surface area contributed by atoms with Crippen LogP contribution in [0, 0.1) is 6.92 Å². The zero-order chi connectivity index (χ0) is 12.8. The average molecular weight is 252 g/mol. The first-order chi connectivity index (χ1) is 8.06. The predicted octanol–water partition coefficient (Wildman–Crippen LogP) is 2.45. The lowest BCUT2D eigenvalue weighted by molar-refractivity contribution is 0.0954. The zero-order valence-corrected chi connectivity index (χ0v) is 11.4. The Balaban J connectivity index is 2.56. The molecule has 94 valence electrons. The summed E-state index contributed by atoms with van der Waals surface area (Å²) >= 11 is 1.80. The van der Waals surface area contributed by atoms with Crippen molar-refractivity contribution in [3.63, 3.8) is 0 Å². The number of nitrogens with two attached hydrogens (primary N) is 1. The van der Waals surface area contributed by atoms with Crippen molar-refractivity contribution in [1.29, 1.82) is 0 Å². The van der Waals surface area contributed by atoms with Crippen LogP contribution in [-0.4, -0.2) is 24.0 Å². The molecule has 0 aliphatic carbocycles. The topological polar surface area (TPSA) is 55.1 Å². The molecule has 0 saturated carbocycles. The number of nitrogen functional groups attached to an aromatic ring is 1. The van der Waals surface area contributed by atoms with Crippen molar-refractivity contribution in [2.24, 2.45) is 0 Å². The van der Waals surface area contributed by atoms with Crippen LogP contribution in [0.5, 0.6) is 0 Å². The standard InChI is InChI=1S/C13H20N2OS/c1-9-5-4-6-11(12(9)14)13(16)15-8-7-10(2)17-3/h4-6,10H,7-8,14H2,1-3H3,(H,15,16). The van der Waals surface area contributed by atoms with Gasteiger partial charge in [0.25, 0.3) is 5.91 Å². The molecule has 0 aromatic heterocycles. The maximum Gasteiger partial charge on any atom is 0.253 e. The van der Waals surface area contributed by atoms with Crippen LogP contribution in [-0.2, 0) is 0 Å². The van der Waals surface area contributed by atoms with E-state index < -0.39 is 0 Å². The number of benzene rings is 1. The van der Waals surface area contributed by atoms with E-state index in [1.165, 1.54) is 0 Å². The number of carbonyl (C=O) groups excluding carboxylic acids is 1. The van der Waals surface area contributed by atoms with E-state index in [1.807, 2.05) is 19.1 Å². The highest BCUT2D eigenvalue weighted by Crippen LogP contribution is 2.16. The van der Waals surface area contributed by atoms with Crippen LogP contribution in [0.4, 0.5) is 5.69 Å². The van der Waals surface area contributed by atoms with E-state index in [0.717, 1.165) is 12.0 Å². The van der Waals surface area contributed by atoms with Crippen LogP contribution >= 0.6 is 11.8 Å². The average Bonchev–Trinajstić information content (AvgIpc) is 2.32. The minimum Gasteiger partial charge on any atom is -0.398 e. The van der Waals surface area contributed by atoms with Crippen LogP contribution in [0.3, 0.4) is 0 Å². The first-order valence-corrected chi connectivity index (χ1v) is 7.01. The molecule has 3 N–H and O–H groups in total. The lowest BCUT2D eigenvalue weighted by atomic mass is 10.1. The lowest BCUT2D eigenvalue weighted by Crippen LogP contribution is -2.26. The number of hydrogen-bond donors (Lipinski definition) is 2. The van der Waals surface area contributed by atoms with Crippen molar-refractivity contribution < 1.29 is 4.79 Å². The number of thioether (sulfide) groups is 1. The highest BCUT2D eigenvalue weighted by atomic mass is 32.2. The largest absolute Gasteiger partial charge is 0.398 e. The van der Waals surface area contributed by atoms with E-state index >= 15 is 0 Å². The van der Waals surface area contributed by atoms with E-state index in [1.54, 1.807) is 17.8 Å². The van der Waals surface area contributed by atoms with Gasteiger partial charge in [0.2, 0.25) is 0 Å². The van der Waals surface area contributed by atoms with E-state index in [-0.39, 0.29) is 5.91 Å². The number of nitrogens with one attached hydrogen (secondary N) is 1. The van der Waals surface area contributed by atoms with Gasteiger partial charge in [-0.1, -0.05) is 19.1 Å². The number of hydrogen-bond acceptors (Lipinski definition) is 3. The molecule has 0 radical (unpaired) electrons. The van der Waals surface area contributed by atoms with Gasteiger partial charge in [-0.3, -0.25) is 4.79 Å². The van der Waals surface area contributed by atoms with Crippen molar-refractivity contribution >= 4 is 23.4 Å². The van der Waals surface area contributed by atoms with Gasteiger partial charge in [-0.15, -0.1) is 0 Å². The van der Waals surface area contributed by atoms with Crippen molar-refractivity contribution in [2.75, 3.05) is 18.5 Å². The normalized spacial score (nSPS) is 12.2. The predicted molar refractivity (Wildman–Crippen MR) is 75.5 cm³/mol. The van der Waals surface area contributed by atoms with Gasteiger partial charge in [-0.25, -0.2) is 0 Å². The molecule has 17 heavy (non-hydrogen) atoms. The summed E-state index contributed by atoms with van der Waals surface area (Å²) < 4.78 is 0. The summed E-state index contributed by atoms with van der Waals surface area (Å²) in [5.41, 5.74) is 7.96. The molecular weight excluding hydrogens is 232 g/mol. The molecule has 1 unspecified atom stereocenters. The number of anilines is 1. The molecule has 4 heteroatoms. The number of rotatable bonds is 5. The van der Waals surface area contributed by atoms with Gasteiger partial charge in [-0.05, 0) is 31.2 Å². The minimum atomic E-state index is -0.0838. The Morgan fingerprint density at radius 1 is 1.53 bits per heavy atom. The Hall–Kier alpha value is -1.16. The van der Waals surface area contributed by atoms with Gasteiger partial charge >= 0.3 is 0 Å². The van der Waals surface area contributed by atoms with Gasteiger partial charge in [-0.2, -0.15) is 11.8 Å². The summed E-state index contributed by atoms with van der Waals surface area (Å²) in [4.78, 5) is 11.9.